The number of aryl methyl sites for hydroxylation is 2. The van der Waals surface area contributed by atoms with Crippen LogP contribution >= 0.6 is 11.3 Å². The van der Waals surface area contributed by atoms with Crippen molar-refractivity contribution in [2.45, 2.75) is 45.4 Å². The van der Waals surface area contributed by atoms with Crippen molar-refractivity contribution in [3.05, 3.63) is 34.3 Å². The van der Waals surface area contributed by atoms with E-state index in [1.807, 2.05) is 32.0 Å². The molecule has 1 saturated carbocycles. The van der Waals surface area contributed by atoms with Crippen molar-refractivity contribution in [1.82, 2.24) is 10.2 Å². The molecule has 0 radical (unpaired) electrons. The van der Waals surface area contributed by atoms with Gasteiger partial charge >= 0.3 is 0 Å². The summed E-state index contributed by atoms with van der Waals surface area (Å²) in [6, 6.07) is 5.84. The maximum atomic E-state index is 12.6. The van der Waals surface area contributed by atoms with Gasteiger partial charge in [0.15, 0.2) is 0 Å². The number of hydrazone groups is 1. The van der Waals surface area contributed by atoms with Crippen LogP contribution in [0.3, 0.4) is 0 Å². The molecule has 1 fully saturated rings. The van der Waals surface area contributed by atoms with E-state index < -0.39 is 0 Å². The Hall–Kier alpha value is -2.61. The SMILES string of the molecule is Cc1ccc(C)c(N2N=C(C(=O)Nc3nnc(C4CC4)s3)CCC2=O)c1. The number of hydrogen-bond acceptors (Lipinski definition) is 6. The van der Waals surface area contributed by atoms with Crippen molar-refractivity contribution in [2.75, 3.05) is 10.3 Å². The van der Waals surface area contributed by atoms with E-state index in [0.29, 0.717) is 28.9 Å². The first kappa shape index (κ1) is 16.8. The highest BCUT2D eigenvalue weighted by Gasteiger charge is 2.29. The van der Waals surface area contributed by atoms with Crippen LogP contribution in [0.25, 0.3) is 0 Å². The van der Waals surface area contributed by atoms with Gasteiger partial charge in [-0.3, -0.25) is 14.9 Å². The minimum Gasteiger partial charge on any atom is -0.295 e. The molecule has 0 bridgehead atoms. The number of nitrogens with zero attached hydrogens (tertiary/aromatic N) is 4. The normalized spacial score (nSPS) is 17.2. The van der Waals surface area contributed by atoms with Gasteiger partial charge in [-0.15, -0.1) is 10.2 Å². The summed E-state index contributed by atoms with van der Waals surface area (Å²) < 4.78 is 0. The van der Waals surface area contributed by atoms with E-state index in [0.717, 1.165) is 29.0 Å². The zero-order chi connectivity index (χ0) is 18.3. The fourth-order valence-electron chi connectivity index (χ4n) is 2.80. The van der Waals surface area contributed by atoms with E-state index in [-0.39, 0.29) is 18.2 Å². The van der Waals surface area contributed by atoms with E-state index in [1.165, 1.54) is 16.3 Å². The lowest BCUT2D eigenvalue weighted by molar-refractivity contribution is -0.118. The Kier molecular flexibility index (Phi) is 4.28. The zero-order valence-electron chi connectivity index (χ0n) is 14.7. The average molecular weight is 369 g/mol. The number of carbonyl (C=O) groups excluding carboxylic acids is 2. The van der Waals surface area contributed by atoms with Crippen LogP contribution in [0.1, 0.15) is 47.7 Å². The lowest BCUT2D eigenvalue weighted by Crippen LogP contribution is -2.36. The van der Waals surface area contributed by atoms with E-state index in [4.69, 9.17) is 0 Å². The monoisotopic (exact) mass is 369 g/mol. The van der Waals surface area contributed by atoms with Crippen molar-refractivity contribution in [3.8, 4) is 0 Å². The van der Waals surface area contributed by atoms with Crippen molar-refractivity contribution < 1.29 is 9.59 Å². The number of carbonyl (C=O) groups is 2. The summed E-state index contributed by atoms with van der Waals surface area (Å²) in [5, 5.41) is 18.0. The summed E-state index contributed by atoms with van der Waals surface area (Å²) in [7, 11) is 0. The van der Waals surface area contributed by atoms with Gasteiger partial charge in [-0.05, 0) is 43.9 Å². The van der Waals surface area contributed by atoms with Crippen LogP contribution in [0.4, 0.5) is 10.8 Å². The molecule has 4 rings (SSSR count). The van der Waals surface area contributed by atoms with Gasteiger partial charge in [-0.25, -0.2) is 5.01 Å². The third-order valence-electron chi connectivity index (χ3n) is 4.48. The smallest absolute Gasteiger partial charge is 0.273 e. The highest BCUT2D eigenvalue weighted by Crippen LogP contribution is 2.42. The standard InChI is InChI=1S/C18H19N5O2S/c1-10-3-4-11(2)14(9-10)23-15(24)8-7-13(22-23)16(25)19-18-21-20-17(26-18)12-5-6-12/h3-4,9,12H,5-8H2,1-2H3,(H,19,21,25). The molecule has 0 spiro atoms. The minimum atomic E-state index is -0.327. The van der Waals surface area contributed by atoms with Crippen LogP contribution in [0.15, 0.2) is 23.3 Å². The summed E-state index contributed by atoms with van der Waals surface area (Å²) in [4.78, 5) is 24.9. The molecule has 8 heteroatoms. The van der Waals surface area contributed by atoms with Crippen LogP contribution in [-0.2, 0) is 9.59 Å². The summed E-state index contributed by atoms with van der Waals surface area (Å²) in [5.74, 6) is 0.0658. The molecule has 2 aliphatic rings. The van der Waals surface area contributed by atoms with E-state index in [1.54, 1.807) is 0 Å². The predicted octanol–water partition coefficient (Wildman–Crippen LogP) is 3.15. The fourth-order valence-corrected chi connectivity index (χ4v) is 3.71. The first-order chi connectivity index (χ1) is 12.5. The maximum absolute atomic E-state index is 12.6. The molecule has 2 heterocycles. The quantitative estimate of drug-likeness (QED) is 0.897. The third-order valence-corrected chi connectivity index (χ3v) is 5.48. The van der Waals surface area contributed by atoms with Gasteiger partial charge in [-0.1, -0.05) is 23.5 Å². The lowest BCUT2D eigenvalue weighted by atomic mass is 10.1. The van der Waals surface area contributed by atoms with Crippen LogP contribution in [0, 0.1) is 13.8 Å². The molecule has 1 aliphatic heterocycles. The summed E-state index contributed by atoms with van der Waals surface area (Å²) >= 11 is 1.41. The number of benzene rings is 1. The number of hydrogen-bond donors (Lipinski definition) is 1. The zero-order valence-corrected chi connectivity index (χ0v) is 15.5. The largest absolute Gasteiger partial charge is 0.295 e. The van der Waals surface area contributed by atoms with Gasteiger partial charge in [0.25, 0.3) is 5.91 Å². The molecule has 134 valence electrons. The second kappa shape index (κ2) is 6.60. The minimum absolute atomic E-state index is 0.109. The Morgan fingerprint density at radius 3 is 2.81 bits per heavy atom. The molecule has 1 aromatic carbocycles. The lowest BCUT2D eigenvalue weighted by Gasteiger charge is -2.24. The van der Waals surface area contributed by atoms with Crippen molar-refractivity contribution in [2.24, 2.45) is 5.10 Å². The first-order valence-electron chi connectivity index (χ1n) is 8.63. The molecular weight excluding hydrogens is 350 g/mol. The number of nitrogens with one attached hydrogen (secondary N) is 1. The number of aromatic nitrogens is 2. The van der Waals surface area contributed by atoms with Crippen LogP contribution in [0.2, 0.25) is 0 Å². The Morgan fingerprint density at radius 1 is 1.23 bits per heavy atom. The highest BCUT2D eigenvalue weighted by molar-refractivity contribution is 7.15. The number of amides is 2. The molecule has 0 unspecified atom stereocenters. The molecule has 1 aliphatic carbocycles. The van der Waals surface area contributed by atoms with Crippen molar-refractivity contribution in [3.63, 3.8) is 0 Å². The third kappa shape index (κ3) is 3.37. The van der Waals surface area contributed by atoms with Crippen LogP contribution < -0.4 is 10.3 Å². The predicted molar refractivity (Wildman–Crippen MR) is 101 cm³/mol. The average Bonchev–Trinajstić information content (AvgIpc) is 3.37. The second-order valence-electron chi connectivity index (χ2n) is 6.72. The summed E-state index contributed by atoms with van der Waals surface area (Å²) in [6.45, 7) is 3.88. The Balaban J connectivity index is 1.55. The topological polar surface area (TPSA) is 87.6 Å². The Bertz CT molecular complexity index is 916. The van der Waals surface area contributed by atoms with Gasteiger partial charge in [0.05, 0.1) is 5.69 Å². The van der Waals surface area contributed by atoms with Crippen molar-refractivity contribution in [1.29, 1.82) is 0 Å². The summed E-state index contributed by atoms with van der Waals surface area (Å²) in [5.41, 5.74) is 3.01. The molecule has 7 nitrogen and oxygen atoms in total. The van der Waals surface area contributed by atoms with Gasteiger partial charge in [0.2, 0.25) is 11.0 Å². The molecule has 2 aromatic rings. The van der Waals surface area contributed by atoms with Crippen LogP contribution in [0.5, 0.6) is 0 Å². The molecule has 0 atom stereocenters. The molecular formula is C18H19N5O2S. The van der Waals surface area contributed by atoms with Crippen LogP contribution in [-0.4, -0.2) is 27.7 Å². The second-order valence-corrected chi connectivity index (χ2v) is 7.73. The van der Waals surface area contributed by atoms with Gasteiger partial charge in [0, 0.05) is 18.8 Å². The molecule has 0 saturated heterocycles. The van der Waals surface area contributed by atoms with Gasteiger partial charge < -0.3 is 0 Å². The Labute approximate surface area is 155 Å². The number of rotatable bonds is 4. The molecule has 1 N–H and O–H groups in total. The Morgan fingerprint density at radius 2 is 2.04 bits per heavy atom. The van der Waals surface area contributed by atoms with E-state index in [2.05, 4.69) is 20.6 Å². The summed E-state index contributed by atoms with van der Waals surface area (Å²) in [6.07, 6.45) is 2.85. The van der Waals surface area contributed by atoms with E-state index in [9.17, 15) is 9.59 Å². The van der Waals surface area contributed by atoms with Crippen molar-refractivity contribution >= 4 is 39.7 Å². The number of anilines is 2. The first-order valence-corrected chi connectivity index (χ1v) is 9.45. The van der Waals surface area contributed by atoms with Gasteiger partial charge in [-0.2, -0.15) is 5.10 Å². The molecule has 26 heavy (non-hydrogen) atoms. The fraction of sp³-hybridized carbons (Fsp3) is 0.389. The van der Waals surface area contributed by atoms with Gasteiger partial charge in [0.1, 0.15) is 10.7 Å². The highest BCUT2D eigenvalue weighted by atomic mass is 32.1. The maximum Gasteiger partial charge on any atom is 0.273 e. The van der Waals surface area contributed by atoms with E-state index >= 15 is 0 Å². The molecule has 1 aromatic heterocycles. The molecule has 2 amide bonds.